The lowest BCUT2D eigenvalue weighted by atomic mass is 9.92. The van der Waals surface area contributed by atoms with Crippen LogP contribution in [-0.2, 0) is 10.0 Å². The fourth-order valence-electron chi connectivity index (χ4n) is 2.82. The maximum atomic E-state index is 12.4. The van der Waals surface area contributed by atoms with Gasteiger partial charge in [0.25, 0.3) is 0 Å². The monoisotopic (exact) mass is 310 g/mol. The van der Waals surface area contributed by atoms with Crippen LogP contribution in [0.1, 0.15) is 51.0 Å². The smallest absolute Gasteiger partial charge is 0.240 e. The Morgan fingerprint density at radius 1 is 1.00 bits per heavy atom. The molecule has 4 nitrogen and oxygen atoms in total. The van der Waals surface area contributed by atoms with Crippen LogP contribution in [0.25, 0.3) is 0 Å². The van der Waals surface area contributed by atoms with Crippen molar-refractivity contribution in [2.75, 3.05) is 7.05 Å². The van der Waals surface area contributed by atoms with Gasteiger partial charge in [0.1, 0.15) is 0 Å². The second-order valence-corrected chi connectivity index (χ2v) is 7.90. The summed E-state index contributed by atoms with van der Waals surface area (Å²) in [6.07, 6.45) is 3.84. The van der Waals surface area contributed by atoms with Crippen LogP contribution in [0.2, 0.25) is 0 Å². The van der Waals surface area contributed by atoms with Gasteiger partial charge < -0.3 is 5.32 Å². The Morgan fingerprint density at radius 2 is 1.52 bits per heavy atom. The molecule has 0 atom stereocenters. The van der Waals surface area contributed by atoms with Crippen molar-refractivity contribution in [2.45, 2.75) is 62.4 Å². The Kier molecular flexibility index (Phi) is 5.41. The van der Waals surface area contributed by atoms with Gasteiger partial charge in [0.05, 0.1) is 4.90 Å². The Hall–Kier alpha value is -0.910. The maximum Gasteiger partial charge on any atom is 0.240 e. The zero-order valence-corrected chi connectivity index (χ0v) is 13.9. The van der Waals surface area contributed by atoms with E-state index in [2.05, 4.69) is 23.9 Å². The molecule has 118 valence electrons. The summed E-state index contributed by atoms with van der Waals surface area (Å²) in [7, 11) is -1.43. The first-order valence-corrected chi connectivity index (χ1v) is 9.20. The fourth-order valence-corrected chi connectivity index (χ4v) is 4.12. The van der Waals surface area contributed by atoms with Crippen LogP contribution in [0.5, 0.6) is 0 Å². The lowest BCUT2D eigenvalue weighted by Gasteiger charge is -2.28. The Labute approximate surface area is 128 Å². The first-order valence-electron chi connectivity index (χ1n) is 7.72. The molecule has 2 rings (SSSR count). The van der Waals surface area contributed by atoms with E-state index in [4.69, 9.17) is 0 Å². The minimum Gasteiger partial charge on any atom is -0.317 e. The van der Waals surface area contributed by atoms with Gasteiger partial charge in [-0.1, -0.05) is 26.0 Å². The molecule has 0 unspecified atom stereocenters. The van der Waals surface area contributed by atoms with E-state index in [1.807, 2.05) is 19.2 Å². The molecule has 1 fully saturated rings. The van der Waals surface area contributed by atoms with E-state index in [0.717, 1.165) is 31.2 Å². The van der Waals surface area contributed by atoms with E-state index in [1.165, 1.54) is 0 Å². The van der Waals surface area contributed by atoms with Gasteiger partial charge in [-0.2, -0.15) is 0 Å². The molecule has 5 heteroatoms. The second kappa shape index (κ2) is 6.90. The Balaban J connectivity index is 2.01. The Bertz CT molecular complexity index is 544. The van der Waals surface area contributed by atoms with Gasteiger partial charge >= 0.3 is 0 Å². The van der Waals surface area contributed by atoms with Gasteiger partial charge in [-0.3, -0.25) is 0 Å². The summed E-state index contributed by atoms with van der Waals surface area (Å²) < 4.78 is 27.7. The summed E-state index contributed by atoms with van der Waals surface area (Å²) in [5.41, 5.74) is 1.16. The molecule has 0 spiro atoms. The normalized spacial score (nSPS) is 23.4. The van der Waals surface area contributed by atoms with E-state index in [1.54, 1.807) is 12.1 Å². The third-order valence-corrected chi connectivity index (χ3v) is 5.85. The van der Waals surface area contributed by atoms with Gasteiger partial charge in [-0.25, -0.2) is 13.1 Å². The zero-order valence-electron chi connectivity index (χ0n) is 13.1. The van der Waals surface area contributed by atoms with Crippen LogP contribution >= 0.6 is 0 Å². The van der Waals surface area contributed by atoms with Crippen LogP contribution in [0.3, 0.4) is 0 Å². The number of rotatable bonds is 5. The molecular weight excluding hydrogens is 284 g/mol. The highest BCUT2D eigenvalue weighted by Crippen LogP contribution is 2.21. The largest absolute Gasteiger partial charge is 0.317 e. The van der Waals surface area contributed by atoms with Crippen molar-refractivity contribution in [3.05, 3.63) is 29.8 Å². The van der Waals surface area contributed by atoms with Gasteiger partial charge in [0.15, 0.2) is 0 Å². The molecular formula is C16H26N2O2S. The highest BCUT2D eigenvalue weighted by atomic mass is 32.2. The van der Waals surface area contributed by atoms with E-state index < -0.39 is 10.0 Å². The standard InChI is InChI=1S/C16H26N2O2S/c1-12(2)13-4-10-16(11-5-13)21(19,20)18-15-8-6-14(17-3)7-9-15/h4-5,10-12,14-15,17-18H,6-9H2,1-3H3. The van der Waals surface area contributed by atoms with Crippen molar-refractivity contribution in [1.82, 2.24) is 10.0 Å². The first-order chi connectivity index (χ1) is 9.92. The van der Waals surface area contributed by atoms with Crippen molar-refractivity contribution in [3.63, 3.8) is 0 Å². The quantitative estimate of drug-likeness (QED) is 0.879. The molecule has 0 bridgehead atoms. The summed E-state index contributed by atoms with van der Waals surface area (Å²) in [6.45, 7) is 4.20. The van der Waals surface area contributed by atoms with Gasteiger partial charge in [0, 0.05) is 12.1 Å². The van der Waals surface area contributed by atoms with E-state index >= 15 is 0 Å². The summed E-state index contributed by atoms with van der Waals surface area (Å²) >= 11 is 0. The molecule has 0 radical (unpaired) electrons. The highest BCUT2D eigenvalue weighted by molar-refractivity contribution is 7.89. The summed E-state index contributed by atoms with van der Waals surface area (Å²) in [5.74, 6) is 0.409. The molecule has 0 amide bonds. The van der Waals surface area contributed by atoms with Crippen molar-refractivity contribution in [2.24, 2.45) is 0 Å². The number of sulfonamides is 1. The molecule has 1 aromatic carbocycles. The molecule has 0 aromatic heterocycles. The minimum absolute atomic E-state index is 0.0596. The lowest BCUT2D eigenvalue weighted by Crippen LogP contribution is -2.41. The van der Waals surface area contributed by atoms with Crippen LogP contribution in [0.15, 0.2) is 29.2 Å². The molecule has 1 saturated carbocycles. The van der Waals surface area contributed by atoms with E-state index in [-0.39, 0.29) is 6.04 Å². The summed E-state index contributed by atoms with van der Waals surface area (Å²) in [5, 5.41) is 3.26. The molecule has 0 aliphatic heterocycles. The highest BCUT2D eigenvalue weighted by Gasteiger charge is 2.25. The van der Waals surface area contributed by atoms with Crippen molar-refractivity contribution in [3.8, 4) is 0 Å². The predicted octanol–water partition coefficient (Wildman–Crippen LogP) is 2.62. The molecule has 1 aromatic rings. The minimum atomic E-state index is -3.40. The van der Waals surface area contributed by atoms with Gasteiger partial charge in [-0.15, -0.1) is 0 Å². The first kappa shape index (κ1) is 16.5. The molecule has 1 aliphatic rings. The molecule has 0 heterocycles. The van der Waals surface area contributed by atoms with Crippen LogP contribution in [0, 0.1) is 0 Å². The van der Waals surface area contributed by atoms with Crippen molar-refractivity contribution >= 4 is 10.0 Å². The number of hydrogen-bond donors (Lipinski definition) is 2. The molecule has 21 heavy (non-hydrogen) atoms. The van der Waals surface area contributed by atoms with E-state index in [9.17, 15) is 8.42 Å². The average molecular weight is 310 g/mol. The summed E-state index contributed by atoms with van der Waals surface area (Å²) in [6, 6.07) is 7.79. The average Bonchev–Trinajstić information content (AvgIpc) is 2.48. The summed E-state index contributed by atoms with van der Waals surface area (Å²) in [4.78, 5) is 0.364. The van der Waals surface area contributed by atoms with E-state index in [0.29, 0.717) is 16.9 Å². The molecule has 1 aliphatic carbocycles. The maximum absolute atomic E-state index is 12.4. The lowest BCUT2D eigenvalue weighted by molar-refractivity contribution is 0.343. The number of nitrogens with one attached hydrogen (secondary N) is 2. The van der Waals surface area contributed by atoms with Crippen molar-refractivity contribution < 1.29 is 8.42 Å². The number of benzene rings is 1. The second-order valence-electron chi connectivity index (χ2n) is 6.18. The number of hydrogen-bond acceptors (Lipinski definition) is 3. The van der Waals surface area contributed by atoms with Crippen molar-refractivity contribution in [1.29, 1.82) is 0 Å². The molecule has 0 saturated heterocycles. The van der Waals surface area contributed by atoms with Gasteiger partial charge in [0.2, 0.25) is 10.0 Å². The van der Waals surface area contributed by atoms with Crippen LogP contribution < -0.4 is 10.0 Å². The SMILES string of the molecule is CNC1CCC(NS(=O)(=O)c2ccc(C(C)C)cc2)CC1. The van der Waals surface area contributed by atoms with Crippen LogP contribution in [0.4, 0.5) is 0 Å². The third-order valence-electron chi connectivity index (χ3n) is 4.31. The predicted molar refractivity (Wildman–Crippen MR) is 86.0 cm³/mol. The zero-order chi connectivity index (χ0) is 15.5. The van der Waals surface area contributed by atoms with Crippen LogP contribution in [-0.4, -0.2) is 27.5 Å². The fraction of sp³-hybridized carbons (Fsp3) is 0.625. The topological polar surface area (TPSA) is 58.2 Å². The Morgan fingerprint density at radius 3 is 2.00 bits per heavy atom. The van der Waals surface area contributed by atoms with Gasteiger partial charge in [-0.05, 0) is 56.3 Å². The third kappa shape index (κ3) is 4.28. The molecule has 2 N–H and O–H groups in total.